The van der Waals surface area contributed by atoms with E-state index in [4.69, 9.17) is 16.7 Å². The van der Waals surface area contributed by atoms with Gasteiger partial charge in [-0.2, -0.15) is 0 Å². The number of urea groups is 1. The molecule has 0 unspecified atom stereocenters. The van der Waals surface area contributed by atoms with Crippen LogP contribution in [0.4, 0.5) is 14.9 Å². The van der Waals surface area contributed by atoms with Gasteiger partial charge < -0.3 is 15.7 Å². The first kappa shape index (κ1) is 16.2. The Kier molecular flexibility index (Phi) is 5.33. The fourth-order valence-corrected chi connectivity index (χ4v) is 1.71. The standard InChI is InChI=1S/C13H16ClFN2O3/c1-13(2,6-5-11(18)19)17-12(20)16-8-3-4-10(15)9(14)7-8/h3-4,7H,5-6H2,1-2H3,(H,18,19)(H2,16,17,20). The Morgan fingerprint density at radius 3 is 2.60 bits per heavy atom. The molecule has 1 aromatic carbocycles. The minimum atomic E-state index is -0.925. The lowest BCUT2D eigenvalue weighted by atomic mass is 9.99. The van der Waals surface area contributed by atoms with Crippen molar-refractivity contribution in [3.05, 3.63) is 29.0 Å². The van der Waals surface area contributed by atoms with Crippen molar-refractivity contribution in [2.75, 3.05) is 5.32 Å². The highest BCUT2D eigenvalue weighted by Gasteiger charge is 2.21. The highest BCUT2D eigenvalue weighted by Crippen LogP contribution is 2.19. The van der Waals surface area contributed by atoms with Crippen LogP contribution in [0.2, 0.25) is 5.02 Å². The fourth-order valence-electron chi connectivity index (χ4n) is 1.53. The van der Waals surface area contributed by atoms with Crippen LogP contribution in [0.1, 0.15) is 26.7 Å². The van der Waals surface area contributed by atoms with Gasteiger partial charge in [0.05, 0.1) is 5.02 Å². The molecule has 0 fully saturated rings. The van der Waals surface area contributed by atoms with E-state index in [0.29, 0.717) is 12.1 Å². The number of halogens is 2. The Bertz CT molecular complexity index is 520. The van der Waals surface area contributed by atoms with Crippen molar-refractivity contribution in [1.29, 1.82) is 0 Å². The van der Waals surface area contributed by atoms with Crippen molar-refractivity contribution < 1.29 is 19.1 Å². The van der Waals surface area contributed by atoms with Crippen LogP contribution in [0, 0.1) is 5.82 Å². The third-order valence-corrected chi connectivity index (χ3v) is 2.88. The van der Waals surface area contributed by atoms with Crippen LogP contribution in [-0.2, 0) is 4.79 Å². The number of benzene rings is 1. The molecule has 0 aliphatic heterocycles. The van der Waals surface area contributed by atoms with E-state index in [1.54, 1.807) is 13.8 Å². The zero-order chi connectivity index (χ0) is 15.3. The summed E-state index contributed by atoms with van der Waals surface area (Å²) in [6.07, 6.45) is 0.246. The molecule has 2 amide bonds. The van der Waals surface area contributed by atoms with Gasteiger partial charge in [-0.15, -0.1) is 0 Å². The molecule has 0 aliphatic carbocycles. The molecule has 1 aromatic rings. The summed E-state index contributed by atoms with van der Waals surface area (Å²) in [7, 11) is 0. The summed E-state index contributed by atoms with van der Waals surface area (Å²) < 4.78 is 13.0. The molecule has 0 aliphatic rings. The van der Waals surface area contributed by atoms with Crippen LogP contribution < -0.4 is 10.6 Å². The van der Waals surface area contributed by atoms with Gasteiger partial charge in [0, 0.05) is 17.6 Å². The first-order chi connectivity index (χ1) is 9.19. The first-order valence-corrected chi connectivity index (χ1v) is 6.33. The molecule has 0 radical (unpaired) electrons. The maximum absolute atomic E-state index is 13.0. The average Bonchev–Trinajstić information content (AvgIpc) is 2.31. The van der Waals surface area contributed by atoms with Gasteiger partial charge in [-0.3, -0.25) is 4.79 Å². The minimum Gasteiger partial charge on any atom is -0.481 e. The Morgan fingerprint density at radius 1 is 1.40 bits per heavy atom. The molecular weight excluding hydrogens is 287 g/mol. The summed E-state index contributed by atoms with van der Waals surface area (Å²) in [6.45, 7) is 3.43. The van der Waals surface area contributed by atoms with Crippen molar-refractivity contribution in [2.24, 2.45) is 0 Å². The second-order valence-electron chi connectivity index (χ2n) is 4.99. The van der Waals surface area contributed by atoms with Crippen LogP contribution in [0.25, 0.3) is 0 Å². The predicted molar refractivity (Wildman–Crippen MR) is 74.5 cm³/mol. The molecule has 110 valence electrons. The zero-order valence-corrected chi connectivity index (χ0v) is 11.9. The van der Waals surface area contributed by atoms with Gasteiger partial charge in [0.25, 0.3) is 0 Å². The number of anilines is 1. The summed E-state index contributed by atoms with van der Waals surface area (Å²) in [5, 5.41) is 13.7. The highest BCUT2D eigenvalue weighted by atomic mass is 35.5. The Hall–Kier alpha value is -1.82. The number of amides is 2. The van der Waals surface area contributed by atoms with Gasteiger partial charge >= 0.3 is 12.0 Å². The molecule has 5 nitrogen and oxygen atoms in total. The molecule has 0 heterocycles. The summed E-state index contributed by atoms with van der Waals surface area (Å²) in [5.41, 5.74) is -0.324. The molecule has 20 heavy (non-hydrogen) atoms. The molecule has 0 saturated heterocycles. The van der Waals surface area contributed by atoms with Crippen LogP contribution in [0.3, 0.4) is 0 Å². The number of carbonyl (C=O) groups is 2. The lowest BCUT2D eigenvalue weighted by molar-refractivity contribution is -0.137. The SMILES string of the molecule is CC(C)(CCC(=O)O)NC(=O)Nc1ccc(F)c(Cl)c1. The zero-order valence-electron chi connectivity index (χ0n) is 11.2. The van der Waals surface area contributed by atoms with E-state index < -0.39 is 23.4 Å². The quantitative estimate of drug-likeness (QED) is 0.781. The molecule has 7 heteroatoms. The number of nitrogens with one attached hydrogen (secondary N) is 2. The third kappa shape index (κ3) is 5.44. The summed E-state index contributed by atoms with van der Waals surface area (Å²) in [6, 6.07) is 3.31. The fraction of sp³-hybridized carbons (Fsp3) is 0.385. The van der Waals surface area contributed by atoms with Gasteiger partial charge in [0.1, 0.15) is 5.82 Å². The van der Waals surface area contributed by atoms with Gasteiger partial charge in [-0.25, -0.2) is 9.18 Å². The van der Waals surface area contributed by atoms with E-state index in [1.165, 1.54) is 12.1 Å². The van der Waals surface area contributed by atoms with Gasteiger partial charge in [0.2, 0.25) is 0 Å². The lowest BCUT2D eigenvalue weighted by Crippen LogP contribution is -2.45. The minimum absolute atomic E-state index is 0.0460. The predicted octanol–water partition coefficient (Wildman–Crippen LogP) is 3.24. The molecule has 0 atom stereocenters. The van der Waals surface area contributed by atoms with E-state index >= 15 is 0 Å². The third-order valence-electron chi connectivity index (χ3n) is 2.59. The van der Waals surface area contributed by atoms with Crippen molar-refractivity contribution in [3.8, 4) is 0 Å². The topological polar surface area (TPSA) is 78.4 Å². The molecular formula is C13H16ClFN2O3. The van der Waals surface area contributed by atoms with Gasteiger partial charge in [-0.1, -0.05) is 11.6 Å². The molecule has 0 saturated carbocycles. The second kappa shape index (κ2) is 6.56. The maximum Gasteiger partial charge on any atom is 0.319 e. The molecule has 0 bridgehead atoms. The maximum atomic E-state index is 13.0. The number of aliphatic carboxylic acids is 1. The van der Waals surface area contributed by atoms with E-state index in [9.17, 15) is 14.0 Å². The van der Waals surface area contributed by atoms with Gasteiger partial charge in [-0.05, 0) is 38.5 Å². The normalized spacial score (nSPS) is 11.0. The number of carbonyl (C=O) groups excluding carboxylic acids is 1. The Labute approximate surface area is 121 Å². The monoisotopic (exact) mass is 302 g/mol. The van der Waals surface area contributed by atoms with Gasteiger partial charge in [0.15, 0.2) is 0 Å². The van der Waals surface area contributed by atoms with E-state index in [-0.39, 0.29) is 11.4 Å². The number of hydrogen-bond acceptors (Lipinski definition) is 2. The Balaban J connectivity index is 2.58. The number of carboxylic acids is 1. The van der Waals surface area contributed by atoms with Crippen LogP contribution >= 0.6 is 11.6 Å². The van der Waals surface area contributed by atoms with E-state index in [0.717, 1.165) is 6.07 Å². The summed E-state index contributed by atoms with van der Waals surface area (Å²) in [4.78, 5) is 22.3. The molecule has 1 rings (SSSR count). The second-order valence-corrected chi connectivity index (χ2v) is 5.39. The highest BCUT2D eigenvalue weighted by molar-refractivity contribution is 6.31. The first-order valence-electron chi connectivity index (χ1n) is 5.95. The van der Waals surface area contributed by atoms with E-state index in [2.05, 4.69) is 10.6 Å². The average molecular weight is 303 g/mol. The number of carboxylic acid groups (broad SMARTS) is 1. The van der Waals surface area contributed by atoms with Crippen molar-refractivity contribution in [3.63, 3.8) is 0 Å². The lowest BCUT2D eigenvalue weighted by Gasteiger charge is -2.25. The number of hydrogen-bond donors (Lipinski definition) is 3. The smallest absolute Gasteiger partial charge is 0.319 e. The summed E-state index contributed by atoms with van der Waals surface area (Å²) >= 11 is 5.60. The van der Waals surface area contributed by atoms with Crippen LogP contribution in [0.5, 0.6) is 0 Å². The Morgan fingerprint density at radius 2 is 2.05 bits per heavy atom. The molecule has 3 N–H and O–H groups in total. The number of rotatable bonds is 5. The van der Waals surface area contributed by atoms with Crippen molar-refractivity contribution in [2.45, 2.75) is 32.2 Å². The van der Waals surface area contributed by atoms with Crippen LogP contribution in [-0.4, -0.2) is 22.6 Å². The molecule has 0 aromatic heterocycles. The van der Waals surface area contributed by atoms with Crippen molar-refractivity contribution in [1.82, 2.24) is 5.32 Å². The molecule has 0 spiro atoms. The van der Waals surface area contributed by atoms with Crippen LogP contribution in [0.15, 0.2) is 18.2 Å². The van der Waals surface area contributed by atoms with E-state index in [1.807, 2.05) is 0 Å². The summed E-state index contributed by atoms with van der Waals surface area (Å²) in [5.74, 6) is -1.50. The largest absolute Gasteiger partial charge is 0.481 e. The van der Waals surface area contributed by atoms with Crippen molar-refractivity contribution >= 4 is 29.3 Å².